The van der Waals surface area contributed by atoms with E-state index >= 15 is 0 Å². The maximum atomic E-state index is 13.5. The summed E-state index contributed by atoms with van der Waals surface area (Å²) in [5, 5.41) is 14.4. The quantitative estimate of drug-likeness (QED) is 0.316. The minimum absolute atomic E-state index is 0.0490. The molecule has 5 rings (SSSR count). The zero-order chi connectivity index (χ0) is 24.7. The van der Waals surface area contributed by atoms with Gasteiger partial charge in [-0.25, -0.2) is 24.1 Å². The number of fused-ring (bicyclic) bond motifs is 1. The highest BCUT2D eigenvalue weighted by molar-refractivity contribution is 6.29. The summed E-state index contributed by atoms with van der Waals surface area (Å²) < 4.78 is 15.9. The maximum absolute atomic E-state index is 13.5. The molecule has 6 N–H and O–H groups in total. The zero-order valence-corrected chi connectivity index (χ0v) is 18.9. The number of H-pyrrole nitrogens is 1. The number of halogens is 2. The van der Waals surface area contributed by atoms with Crippen LogP contribution in [-0.4, -0.2) is 29.3 Å². The van der Waals surface area contributed by atoms with E-state index < -0.39 is 11.5 Å². The second-order valence-corrected chi connectivity index (χ2v) is 8.11. The number of aliphatic hydroxyl groups is 1. The van der Waals surface area contributed by atoms with Gasteiger partial charge >= 0.3 is 11.6 Å². The van der Waals surface area contributed by atoms with Crippen LogP contribution in [0.25, 0.3) is 28.0 Å². The molecule has 35 heavy (non-hydrogen) atoms. The summed E-state index contributed by atoms with van der Waals surface area (Å²) in [6.45, 7) is -0.397. The van der Waals surface area contributed by atoms with Crippen LogP contribution >= 0.6 is 11.6 Å². The first-order valence-corrected chi connectivity index (χ1v) is 10.8. The Morgan fingerprint density at radius 1 is 1.03 bits per heavy atom. The van der Waals surface area contributed by atoms with Gasteiger partial charge in [0, 0.05) is 5.56 Å². The number of aliphatic hydroxyl groups excluding tert-OH is 1. The molecule has 0 spiro atoms. The molecular formula is C23H19ClFN8O2+. The van der Waals surface area contributed by atoms with Crippen molar-refractivity contribution in [3.05, 3.63) is 87.4 Å². The fourth-order valence-electron chi connectivity index (χ4n) is 3.86. The minimum Gasteiger partial charge on any atom is -0.390 e. The lowest BCUT2D eigenvalue weighted by molar-refractivity contribution is -0.351. The number of hydrogen-bond acceptors (Lipinski definition) is 7. The Balaban J connectivity index is 1.80. The Hall–Kier alpha value is -4.35. The Labute approximate surface area is 202 Å². The zero-order valence-electron chi connectivity index (χ0n) is 18.1. The molecule has 0 bridgehead atoms. The lowest BCUT2D eigenvalue weighted by atomic mass is 10.00. The van der Waals surface area contributed by atoms with E-state index in [0.717, 1.165) is 10.2 Å². The van der Waals surface area contributed by atoms with Crippen LogP contribution in [0.1, 0.15) is 11.4 Å². The SMILES string of the molecule is Nc1nc(Cn2nc3c(-c4cc(Cl)nc(CO)c4)c(-c4ccccc4)[nH+]c(N)n3c2=O)ccc1F. The van der Waals surface area contributed by atoms with E-state index in [1.807, 2.05) is 30.3 Å². The molecule has 10 nitrogen and oxygen atoms in total. The van der Waals surface area contributed by atoms with E-state index in [1.165, 1.54) is 16.5 Å². The first kappa shape index (κ1) is 22.4. The summed E-state index contributed by atoms with van der Waals surface area (Å²) in [6, 6.07) is 15.2. The number of nitrogens with one attached hydrogen (secondary N) is 1. The molecule has 5 aromatic rings. The number of anilines is 2. The van der Waals surface area contributed by atoms with Gasteiger partial charge in [-0.2, -0.15) is 4.68 Å². The monoisotopic (exact) mass is 493 g/mol. The fourth-order valence-corrected chi connectivity index (χ4v) is 4.09. The summed E-state index contributed by atoms with van der Waals surface area (Å²) in [6.07, 6.45) is 0. The lowest BCUT2D eigenvalue weighted by Crippen LogP contribution is -2.28. The van der Waals surface area contributed by atoms with Gasteiger partial charge in [0.25, 0.3) is 0 Å². The molecule has 0 aliphatic rings. The van der Waals surface area contributed by atoms with E-state index in [2.05, 4.69) is 20.1 Å². The molecular weight excluding hydrogens is 475 g/mol. The smallest absolute Gasteiger partial charge is 0.390 e. The van der Waals surface area contributed by atoms with Crippen LogP contribution in [0.4, 0.5) is 16.2 Å². The van der Waals surface area contributed by atoms with E-state index in [-0.39, 0.29) is 35.7 Å². The number of nitrogens with two attached hydrogens (primary N) is 2. The number of aromatic nitrogens is 6. The molecule has 176 valence electrons. The third-order valence-corrected chi connectivity index (χ3v) is 5.60. The van der Waals surface area contributed by atoms with E-state index in [9.17, 15) is 14.3 Å². The van der Waals surface area contributed by atoms with Gasteiger partial charge in [0.1, 0.15) is 10.8 Å². The van der Waals surface area contributed by atoms with Crippen molar-refractivity contribution in [3.63, 3.8) is 0 Å². The lowest BCUT2D eigenvalue weighted by Gasteiger charge is -2.10. The standard InChI is InChI=1S/C23H18ClFN8O2/c24-17-9-13(8-15(11-34)28-17)18-19(12-4-2-1-3-5-12)30-22(27)33-21(18)31-32(23(33)35)10-14-6-7-16(25)20(26)29-14/h1-9,34H,10-11H2,(H2,26,29)(H2,27,30)/p+1. The van der Waals surface area contributed by atoms with Gasteiger partial charge in [0.2, 0.25) is 5.65 Å². The Kier molecular flexibility index (Phi) is 5.63. The second kappa shape index (κ2) is 8.78. The molecule has 4 aromatic heterocycles. The second-order valence-electron chi connectivity index (χ2n) is 7.72. The number of aromatic amines is 1. The molecule has 12 heteroatoms. The molecule has 0 aliphatic carbocycles. The van der Waals surface area contributed by atoms with Crippen LogP contribution in [0, 0.1) is 5.82 Å². The van der Waals surface area contributed by atoms with E-state index in [4.69, 9.17) is 23.1 Å². The Morgan fingerprint density at radius 2 is 1.80 bits per heavy atom. The predicted molar refractivity (Wildman–Crippen MR) is 128 cm³/mol. The van der Waals surface area contributed by atoms with Gasteiger partial charge in [-0.3, -0.25) is 5.73 Å². The normalized spacial score (nSPS) is 11.3. The van der Waals surface area contributed by atoms with Crippen molar-refractivity contribution in [2.24, 2.45) is 0 Å². The van der Waals surface area contributed by atoms with Gasteiger partial charge in [0.05, 0.1) is 30.1 Å². The number of nitrogen functional groups attached to an aromatic ring is 2. The summed E-state index contributed by atoms with van der Waals surface area (Å²) in [5.41, 5.74) is 14.7. The van der Waals surface area contributed by atoms with Crippen LogP contribution < -0.4 is 22.1 Å². The third kappa shape index (κ3) is 4.07. The first-order valence-electron chi connectivity index (χ1n) is 10.4. The molecule has 4 heterocycles. The number of nitrogens with zero attached hydrogens (tertiary/aromatic N) is 5. The van der Waals surface area contributed by atoms with Crippen LogP contribution in [0.3, 0.4) is 0 Å². The topological polar surface area (TPSA) is 151 Å². The van der Waals surface area contributed by atoms with Crippen LogP contribution in [0.2, 0.25) is 5.15 Å². The average Bonchev–Trinajstić information content (AvgIpc) is 3.17. The summed E-state index contributed by atoms with van der Waals surface area (Å²) >= 11 is 6.23. The highest BCUT2D eigenvalue weighted by Crippen LogP contribution is 2.33. The van der Waals surface area contributed by atoms with Crippen LogP contribution in [0.5, 0.6) is 0 Å². The molecule has 0 saturated heterocycles. The first-order chi connectivity index (χ1) is 16.9. The number of rotatable bonds is 5. The Bertz CT molecular complexity index is 1630. The molecule has 0 fully saturated rings. The highest BCUT2D eigenvalue weighted by atomic mass is 35.5. The van der Waals surface area contributed by atoms with Gasteiger partial charge < -0.3 is 10.8 Å². The van der Waals surface area contributed by atoms with Crippen molar-refractivity contribution >= 4 is 29.0 Å². The van der Waals surface area contributed by atoms with Crippen molar-refractivity contribution in [3.8, 4) is 22.4 Å². The number of pyridine rings is 2. The molecule has 0 amide bonds. The largest absolute Gasteiger partial charge is 0.411 e. The molecule has 0 atom stereocenters. The van der Waals surface area contributed by atoms with Gasteiger partial charge in [-0.15, -0.1) is 9.50 Å². The average molecular weight is 494 g/mol. The van der Waals surface area contributed by atoms with E-state index in [1.54, 1.807) is 12.1 Å². The summed E-state index contributed by atoms with van der Waals surface area (Å²) in [4.78, 5) is 24.5. The summed E-state index contributed by atoms with van der Waals surface area (Å²) in [5.74, 6) is -0.880. The number of benzene rings is 1. The van der Waals surface area contributed by atoms with Crippen molar-refractivity contribution in [1.29, 1.82) is 0 Å². The fraction of sp³-hybridized carbons (Fsp3) is 0.0870. The van der Waals surface area contributed by atoms with Crippen LogP contribution in [0.15, 0.2) is 59.4 Å². The van der Waals surface area contributed by atoms with Crippen molar-refractivity contribution in [2.75, 3.05) is 11.5 Å². The highest BCUT2D eigenvalue weighted by Gasteiger charge is 2.26. The molecule has 1 aromatic carbocycles. The Morgan fingerprint density at radius 3 is 2.51 bits per heavy atom. The maximum Gasteiger partial charge on any atom is 0.411 e. The van der Waals surface area contributed by atoms with Crippen molar-refractivity contribution in [1.82, 2.24) is 24.1 Å². The molecule has 0 saturated carbocycles. The summed E-state index contributed by atoms with van der Waals surface area (Å²) in [7, 11) is 0. The molecule has 0 unspecified atom stereocenters. The predicted octanol–water partition coefficient (Wildman–Crippen LogP) is 1.93. The van der Waals surface area contributed by atoms with Crippen LogP contribution in [-0.2, 0) is 13.2 Å². The van der Waals surface area contributed by atoms with Crippen molar-refractivity contribution in [2.45, 2.75) is 13.2 Å². The minimum atomic E-state index is -0.654. The van der Waals surface area contributed by atoms with Gasteiger partial charge in [-0.1, -0.05) is 41.9 Å². The number of hydrogen-bond donors (Lipinski definition) is 3. The van der Waals surface area contributed by atoms with Gasteiger partial charge in [-0.05, 0) is 29.8 Å². The third-order valence-electron chi connectivity index (χ3n) is 5.41. The van der Waals surface area contributed by atoms with Gasteiger partial charge in [0.15, 0.2) is 11.6 Å². The van der Waals surface area contributed by atoms with E-state index in [0.29, 0.717) is 28.2 Å². The molecule has 0 radical (unpaired) electrons. The van der Waals surface area contributed by atoms with Crippen molar-refractivity contribution < 1.29 is 14.5 Å². The molecule has 0 aliphatic heterocycles.